The lowest BCUT2D eigenvalue weighted by atomic mass is 10.2. The third kappa shape index (κ3) is 4.47. The Morgan fingerprint density at radius 2 is 2.12 bits per heavy atom. The fraction of sp³-hybridized carbons (Fsp3) is 0.412. The largest absolute Gasteiger partial charge is 0.506 e. The van der Waals surface area contributed by atoms with E-state index in [4.69, 9.17) is 5.73 Å². The van der Waals surface area contributed by atoms with Gasteiger partial charge < -0.3 is 21.1 Å². The molecule has 4 N–H and O–H groups in total. The molecule has 24 heavy (non-hydrogen) atoms. The monoisotopic (exact) mass is 329 g/mol. The number of anilines is 1. The molecule has 0 unspecified atom stereocenters. The predicted octanol–water partition coefficient (Wildman–Crippen LogP) is 0.623. The normalized spacial score (nSPS) is 15.9. The summed E-state index contributed by atoms with van der Waals surface area (Å²) in [6.07, 6.45) is 1.35. The van der Waals surface area contributed by atoms with Crippen LogP contribution < -0.4 is 11.1 Å². The molecule has 1 fully saturated rings. The maximum atomic E-state index is 12.5. The van der Waals surface area contributed by atoms with E-state index in [0.29, 0.717) is 25.3 Å². The molecule has 0 saturated carbocycles. The summed E-state index contributed by atoms with van der Waals surface area (Å²) in [4.78, 5) is 16.3. The van der Waals surface area contributed by atoms with Crippen LogP contribution in [0.25, 0.3) is 0 Å². The van der Waals surface area contributed by atoms with Gasteiger partial charge in [-0.15, -0.1) is 0 Å². The maximum absolute atomic E-state index is 12.5. The van der Waals surface area contributed by atoms with Crippen molar-refractivity contribution in [2.24, 2.45) is 5.73 Å². The van der Waals surface area contributed by atoms with Gasteiger partial charge in [0, 0.05) is 45.5 Å². The highest BCUT2D eigenvalue weighted by Crippen LogP contribution is 2.24. The molecule has 0 aromatic heterocycles. The van der Waals surface area contributed by atoms with Gasteiger partial charge in [0.2, 0.25) is 0 Å². The van der Waals surface area contributed by atoms with Crippen LogP contribution in [0.15, 0.2) is 30.0 Å². The van der Waals surface area contributed by atoms with Crippen LogP contribution in [0, 0.1) is 18.3 Å². The Kier molecular flexibility index (Phi) is 6.18. The van der Waals surface area contributed by atoms with Crippen molar-refractivity contribution in [2.75, 3.05) is 44.6 Å². The molecular weight excluding hydrogens is 306 g/mol. The zero-order valence-electron chi connectivity index (χ0n) is 13.8. The number of phenolic OH excluding ortho intramolecular Hbond substituents is 1. The molecule has 0 aliphatic carbocycles. The summed E-state index contributed by atoms with van der Waals surface area (Å²) < 4.78 is 0. The van der Waals surface area contributed by atoms with Crippen molar-refractivity contribution >= 4 is 11.6 Å². The molecule has 1 saturated heterocycles. The van der Waals surface area contributed by atoms with Gasteiger partial charge in [-0.05, 0) is 24.6 Å². The van der Waals surface area contributed by atoms with Gasteiger partial charge in [-0.25, -0.2) is 0 Å². The highest BCUT2D eigenvalue weighted by atomic mass is 16.3. The highest BCUT2D eigenvalue weighted by molar-refractivity contribution is 5.97. The Bertz CT molecular complexity index is 657. The van der Waals surface area contributed by atoms with Crippen LogP contribution in [-0.2, 0) is 4.79 Å². The molecular formula is C17H23N5O2. The summed E-state index contributed by atoms with van der Waals surface area (Å²) in [5, 5.41) is 21.9. The van der Waals surface area contributed by atoms with Gasteiger partial charge in [0.05, 0.1) is 5.69 Å². The van der Waals surface area contributed by atoms with E-state index in [0.717, 1.165) is 25.2 Å². The number of benzene rings is 1. The minimum absolute atomic E-state index is 0.0168. The summed E-state index contributed by atoms with van der Waals surface area (Å²) in [6, 6.07) is 7.02. The Hall–Kier alpha value is -2.56. The number of carbonyl (C=O) groups is 1. The van der Waals surface area contributed by atoms with E-state index >= 15 is 0 Å². The van der Waals surface area contributed by atoms with E-state index in [-0.39, 0.29) is 17.2 Å². The summed E-state index contributed by atoms with van der Waals surface area (Å²) in [6.45, 7) is 5.98. The first-order valence-corrected chi connectivity index (χ1v) is 7.93. The molecule has 0 atom stereocenters. The van der Waals surface area contributed by atoms with Crippen LogP contribution in [0.2, 0.25) is 0 Å². The number of piperazine rings is 1. The number of hydrogen-bond acceptors (Lipinski definition) is 6. The number of phenols is 1. The number of rotatable bonds is 5. The van der Waals surface area contributed by atoms with Crippen LogP contribution in [0.5, 0.6) is 5.75 Å². The molecule has 7 nitrogen and oxygen atoms in total. The van der Waals surface area contributed by atoms with Gasteiger partial charge in [0.15, 0.2) is 0 Å². The van der Waals surface area contributed by atoms with E-state index in [1.54, 1.807) is 23.1 Å². The van der Waals surface area contributed by atoms with E-state index in [2.05, 4.69) is 10.2 Å². The SMILES string of the molecule is Cc1ccc(O)c(N/C=C(/C#N)C(=O)N2CCN(CCN)CC2)c1. The first-order chi connectivity index (χ1) is 11.5. The minimum Gasteiger partial charge on any atom is -0.506 e. The number of nitriles is 1. The second-order valence-corrected chi connectivity index (χ2v) is 5.76. The fourth-order valence-electron chi connectivity index (χ4n) is 2.58. The van der Waals surface area contributed by atoms with Gasteiger partial charge in [0.25, 0.3) is 5.91 Å². The number of nitrogens with two attached hydrogens (primary N) is 1. The molecule has 128 valence electrons. The van der Waals surface area contributed by atoms with Gasteiger partial charge in [0.1, 0.15) is 17.4 Å². The second kappa shape index (κ2) is 8.34. The quantitative estimate of drug-likeness (QED) is 0.415. The predicted molar refractivity (Wildman–Crippen MR) is 92.2 cm³/mol. The summed E-state index contributed by atoms with van der Waals surface area (Å²) in [7, 11) is 0. The van der Waals surface area contributed by atoms with Crippen molar-refractivity contribution in [3.05, 3.63) is 35.5 Å². The lowest BCUT2D eigenvalue weighted by Gasteiger charge is -2.34. The van der Waals surface area contributed by atoms with Gasteiger partial charge in [-0.3, -0.25) is 9.69 Å². The van der Waals surface area contributed by atoms with E-state index < -0.39 is 0 Å². The number of nitrogens with one attached hydrogen (secondary N) is 1. The summed E-state index contributed by atoms with van der Waals surface area (Å²) in [5.41, 5.74) is 6.98. The standard InChI is InChI=1S/C17H23N5O2/c1-13-2-3-16(23)15(10-13)20-12-14(11-19)17(24)22-8-6-21(5-4-18)7-9-22/h2-3,10,12,20,23H,4-9,18H2,1H3/b14-12-. The Morgan fingerprint density at radius 3 is 2.75 bits per heavy atom. The zero-order chi connectivity index (χ0) is 17.5. The topological polar surface area (TPSA) is 106 Å². The molecule has 7 heteroatoms. The number of carbonyl (C=O) groups excluding carboxylic acids is 1. The van der Waals surface area contributed by atoms with Crippen molar-refractivity contribution in [2.45, 2.75) is 6.92 Å². The van der Waals surface area contributed by atoms with Crippen molar-refractivity contribution < 1.29 is 9.90 Å². The van der Waals surface area contributed by atoms with Crippen LogP contribution >= 0.6 is 0 Å². The van der Waals surface area contributed by atoms with Crippen LogP contribution in [0.1, 0.15) is 5.56 Å². The molecule has 1 aliphatic heterocycles. The lowest BCUT2D eigenvalue weighted by Crippen LogP contribution is -2.50. The van der Waals surface area contributed by atoms with Gasteiger partial charge in [-0.2, -0.15) is 5.26 Å². The number of amides is 1. The molecule has 0 bridgehead atoms. The van der Waals surface area contributed by atoms with Gasteiger partial charge >= 0.3 is 0 Å². The van der Waals surface area contributed by atoms with Crippen molar-refractivity contribution in [3.63, 3.8) is 0 Å². The summed E-state index contributed by atoms with van der Waals surface area (Å²) in [5.74, 6) is -0.235. The molecule has 1 aromatic rings. The van der Waals surface area contributed by atoms with Crippen molar-refractivity contribution in [3.8, 4) is 11.8 Å². The average Bonchev–Trinajstić information content (AvgIpc) is 2.59. The second-order valence-electron chi connectivity index (χ2n) is 5.76. The Morgan fingerprint density at radius 1 is 1.42 bits per heavy atom. The third-order valence-corrected chi connectivity index (χ3v) is 3.98. The van der Waals surface area contributed by atoms with Crippen LogP contribution in [0.4, 0.5) is 5.69 Å². The maximum Gasteiger partial charge on any atom is 0.266 e. The smallest absolute Gasteiger partial charge is 0.266 e. The number of nitrogens with zero attached hydrogens (tertiary/aromatic N) is 3. The molecule has 1 aromatic carbocycles. The number of aromatic hydroxyl groups is 1. The molecule has 1 aliphatic rings. The number of hydrogen-bond donors (Lipinski definition) is 3. The molecule has 1 heterocycles. The Balaban J connectivity index is 2.01. The number of aryl methyl sites for hydroxylation is 1. The van der Waals surface area contributed by atoms with E-state index in [1.807, 2.05) is 13.0 Å². The molecule has 2 rings (SSSR count). The van der Waals surface area contributed by atoms with E-state index in [1.165, 1.54) is 6.20 Å². The molecule has 1 amide bonds. The summed E-state index contributed by atoms with van der Waals surface area (Å²) >= 11 is 0. The molecule has 0 spiro atoms. The van der Waals surface area contributed by atoms with Crippen molar-refractivity contribution in [1.82, 2.24) is 9.80 Å². The third-order valence-electron chi connectivity index (χ3n) is 3.98. The average molecular weight is 329 g/mol. The van der Waals surface area contributed by atoms with Crippen LogP contribution in [-0.4, -0.2) is 60.1 Å². The Labute approximate surface area is 142 Å². The van der Waals surface area contributed by atoms with Crippen LogP contribution in [0.3, 0.4) is 0 Å². The van der Waals surface area contributed by atoms with E-state index in [9.17, 15) is 15.2 Å². The van der Waals surface area contributed by atoms with Gasteiger partial charge in [-0.1, -0.05) is 6.07 Å². The lowest BCUT2D eigenvalue weighted by molar-refractivity contribution is -0.128. The zero-order valence-corrected chi connectivity index (χ0v) is 13.8. The first-order valence-electron chi connectivity index (χ1n) is 7.93. The fourth-order valence-corrected chi connectivity index (χ4v) is 2.58. The molecule has 0 radical (unpaired) electrons. The minimum atomic E-state index is -0.301. The first kappa shape index (κ1) is 17.8. The van der Waals surface area contributed by atoms with Crippen molar-refractivity contribution in [1.29, 1.82) is 5.26 Å². The highest BCUT2D eigenvalue weighted by Gasteiger charge is 2.23.